The van der Waals surface area contributed by atoms with E-state index in [1.54, 1.807) is 6.20 Å². The normalized spacial score (nSPS) is 17.7. The van der Waals surface area contributed by atoms with Crippen LogP contribution in [-0.2, 0) is 6.42 Å². The van der Waals surface area contributed by atoms with Crippen LogP contribution in [0, 0.1) is 0 Å². The molecule has 0 fully saturated rings. The lowest BCUT2D eigenvalue weighted by Crippen LogP contribution is -2.18. The number of nitrogens with zero attached hydrogens (tertiary/aromatic N) is 3. The number of fused-ring (bicyclic) bond motifs is 2. The zero-order chi connectivity index (χ0) is 14.2. The van der Waals surface area contributed by atoms with Crippen LogP contribution in [0.15, 0.2) is 30.5 Å². The first kappa shape index (κ1) is 12.6. The van der Waals surface area contributed by atoms with Crippen LogP contribution in [0.2, 0.25) is 5.28 Å². The number of anilines is 1. The van der Waals surface area contributed by atoms with Gasteiger partial charge in [-0.25, -0.2) is 0 Å². The molecular weight excluding hydrogens is 286 g/mol. The number of aromatic amines is 1. The maximum atomic E-state index is 5.99. The summed E-state index contributed by atoms with van der Waals surface area (Å²) in [5.41, 5.74) is 3.40. The van der Waals surface area contributed by atoms with Gasteiger partial charge >= 0.3 is 0 Å². The Labute approximate surface area is 126 Å². The number of halogens is 1. The molecule has 1 aliphatic rings. The fourth-order valence-corrected chi connectivity index (χ4v) is 3.16. The average molecular weight is 300 g/mol. The number of aromatic nitrogens is 4. The van der Waals surface area contributed by atoms with Gasteiger partial charge in [0, 0.05) is 0 Å². The molecule has 0 radical (unpaired) electrons. The van der Waals surface area contributed by atoms with Crippen molar-refractivity contribution in [1.29, 1.82) is 0 Å². The van der Waals surface area contributed by atoms with Crippen LogP contribution >= 0.6 is 11.6 Å². The van der Waals surface area contributed by atoms with Crippen LogP contribution in [0.1, 0.15) is 30.0 Å². The number of benzene rings is 1. The topological polar surface area (TPSA) is 66.5 Å². The summed E-state index contributed by atoms with van der Waals surface area (Å²) in [5.74, 6) is 0.737. The van der Waals surface area contributed by atoms with Gasteiger partial charge in [-0.3, -0.25) is 5.10 Å². The molecule has 1 aliphatic carbocycles. The van der Waals surface area contributed by atoms with E-state index in [1.165, 1.54) is 17.5 Å². The summed E-state index contributed by atoms with van der Waals surface area (Å²) >= 11 is 5.99. The van der Waals surface area contributed by atoms with Crippen molar-refractivity contribution < 1.29 is 0 Å². The maximum absolute atomic E-state index is 5.99. The Morgan fingerprint density at radius 3 is 3.10 bits per heavy atom. The Kier molecular flexibility index (Phi) is 3.00. The van der Waals surface area contributed by atoms with Crippen molar-refractivity contribution in [3.05, 3.63) is 46.9 Å². The van der Waals surface area contributed by atoms with Crippen molar-refractivity contribution in [3.63, 3.8) is 0 Å². The molecule has 0 saturated heterocycles. The number of rotatable bonds is 2. The summed E-state index contributed by atoms with van der Waals surface area (Å²) in [5, 5.41) is 11.4. The highest BCUT2D eigenvalue weighted by molar-refractivity contribution is 6.28. The van der Waals surface area contributed by atoms with E-state index in [0.29, 0.717) is 5.65 Å². The van der Waals surface area contributed by atoms with E-state index in [4.69, 9.17) is 11.6 Å². The van der Waals surface area contributed by atoms with Crippen LogP contribution in [0.5, 0.6) is 0 Å². The predicted molar refractivity (Wildman–Crippen MR) is 82.4 cm³/mol. The van der Waals surface area contributed by atoms with E-state index in [0.717, 1.165) is 24.0 Å². The molecule has 1 atom stereocenters. The van der Waals surface area contributed by atoms with Gasteiger partial charge in [-0.1, -0.05) is 24.3 Å². The molecule has 2 aromatic heterocycles. The molecule has 3 aromatic rings. The van der Waals surface area contributed by atoms with Crippen molar-refractivity contribution in [2.45, 2.75) is 25.3 Å². The van der Waals surface area contributed by atoms with Crippen molar-refractivity contribution in [2.24, 2.45) is 0 Å². The highest BCUT2D eigenvalue weighted by Crippen LogP contribution is 2.33. The summed E-state index contributed by atoms with van der Waals surface area (Å²) in [6.45, 7) is 0. The minimum absolute atomic E-state index is 0.221. The lowest BCUT2D eigenvalue weighted by molar-refractivity contribution is 0.599. The monoisotopic (exact) mass is 299 g/mol. The molecule has 6 heteroatoms. The molecule has 0 aliphatic heterocycles. The Hall–Kier alpha value is -2.14. The van der Waals surface area contributed by atoms with Crippen LogP contribution in [0.25, 0.3) is 11.0 Å². The molecule has 2 N–H and O–H groups in total. The second-order valence-corrected chi connectivity index (χ2v) is 5.60. The number of H-pyrrole nitrogens is 1. The molecule has 0 spiro atoms. The highest BCUT2D eigenvalue weighted by Gasteiger charge is 2.21. The van der Waals surface area contributed by atoms with E-state index >= 15 is 0 Å². The van der Waals surface area contributed by atoms with Gasteiger partial charge < -0.3 is 5.32 Å². The summed E-state index contributed by atoms with van der Waals surface area (Å²) < 4.78 is 0. The second-order valence-electron chi connectivity index (χ2n) is 5.26. The first-order valence-electron chi connectivity index (χ1n) is 7.02. The van der Waals surface area contributed by atoms with Crippen molar-refractivity contribution in [1.82, 2.24) is 20.2 Å². The fourth-order valence-electron chi connectivity index (χ4n) is 2.99. The number of hydrogen-bond donors (Lipinski definition) is 2. The van der Waals surface area contributed by atoms with E-state index in [1.807, 2.05) is 0 Å². The Balaban J connectivity index is 1.74. The first-order chi connectivity index (χ1) is 10.3. The van der Waals surface area contributed by atoms with Crippen molar-refractivity contribution >= 4 is 28.5 Å². The molecule has 1 unspecified atom stereocenters. The Morgan fingerprint density at radius 1 is 1.24 bits per heavy atom. The van der Waals surface area contributed by atoms with E-state index in [2.05, 4.69) is 49.7 Å². The van der Waals surface area contributed by atoms with Gasteiger partial charge in [0.2, 0.25) is 5.28 Å². The Bertz CT molecular complexity index is 798. The van der Waals surface area contributed by atoms with Crippen LogP contribution < -0.4 is 5.32 Å². The van der Waals surface area contributed by atoms with Gasteiger partial charge in [-0.2, -0.15) is 15.1 Å². The van der Waals surface area contributed by atoms with Gasteiger partial charge in [-0.05, 0) is 42.0 Å². The minimum Gasteiger partial charge on any atom is -0.362 e. The molecule has 5 nitrogen and oxygen atoms in total. The first-order valence-corrected chi connectivity index (χ1v) is 7.40. The maximum Gasteiger partial charge on any atom is 0.226 e. The third kappa shape index (κ3) is 2.23. The smallest absolute Gasteiger partial charge is 0.226 e. The predicted octanol–water partition coefficient (Wildman–Crippen LogP) is 3.50. The van der Waals surface area contributed by atoms with Crippen molar-refractivity contribution in [3.8, 4) is 0 Å². The minimum atomic E-state index is 0.221. The molecule has 0 saturated carbocycles. The fraction of sp³-hybridized carbons (Fsp3) is 0.267. The molecular formula is C15H14ClN5. The standard InChI is InChI=1S/C15H14ClN5/c16-15-19-13(11-8-17-21-14(11)20-15)18-12-7-3-5-9-4-1-2-6-10(9)12/h1-2,4,6,8,12H,3,5,7H2,(H2,17,18,19,20,21). The quantitative estimate of drug-likeness (QED) is 0.711. The molecule has 21 heavy (non-hydrogen) atoms. The molecule has 2 heterocycles. The zero-order valence-corrected chi connectivity index (χ0v) is 12.1. The second kappa shape index (κ2) is 5.00. The Morgan fingerprint density at radius 2 is 2.14 bits per heavy atom. The number of nitrogens with one attached hydrogen (secondary N) is 2. The van der Waals surface area contributed by atoms with Gasteiger partial charge in [0.25, 0.3) is 0 Å². The van der Waals surface area contributed by atoms with Gasteiger partial charge in [0.15, 0.2) is 5.65 Å². The summed E-state index contributed by atoms with van der Waals surface area (Å²) in [7, 11) is 0. The van der Waals surface area contributed by atoms with Crippen LogP contribution in [0.4, 0.5) is 5.82 Å². The lowest BCUT2D eigenvalue weighted by Gasteiger charge is -2.26. The molecule has 0 amide bonds. The van der Waals surface area contributed by atoms with Gasteiger partial charge in [-0.15, -0.1) is 0 Å². The van der Waals surface area contributed by atoms with E-state index in [9.17, 15) is 0 Å². The summed E-state index contributed by atoms with van der Waals surface area (Å²) in [4.78, 5) is 8.45. The zero-order valence-electron chi connectivity index (χ0n) is 11.3. The van der Waals surface area contributed by atoms with Crippen molar-refractivity contribution in [2.75, 3.05) is 5.32 Å². The van der Waals surface area contributed by atoms with Gasteiger partial charge in [0.1, 0.15) is 5.82 Å². The lowest BCUT2D eigenvalue weighted by atomic mass is 9.88. The third-order valence-corrected chi connectivity index (χ3v) is 4.13. The number of aryl methyl sites for hydroxylation is 1. The van der Waals surface area contributed by atoms with Crippen LogP contribution in [-0.4, -0.2) is 20.2 Å². The summed E-state index contributed by atoms with van der Waals surface area (Å²) in [6, 6.07) is 8.81. The largest absolute Gasteiger partial charge is 0.362 e. The molecule has 1 aromatic carbocycles. The molecule has 106 valence electrons. The van der Waals surface area contributed by atoms with E-state index in [-0.39, 0.29) is 11.3 Å². The number of hydrogen-bond acceptors (Lipinski definition) is 4. The highest BCUT2D eigenvalue weighted by atomic mass is 35.5. The summed E-state index contributed by atoms with van der Waals surface area (Å²) in [6.07, 6.45) is 5.11. The SMILES string of the molecule is Clc1nc(NC2CCCc3ccccc32)c2cn[nH]c2n1. The third-order valence-electron chi connectivity index (χ3n) is 3.96. The van der Waals surface area contributed by atoms with Crippen LogP contribution in [0.3, 0.4) is 0 Å². The van der Waals surface area contributed by atoms with Gasteiger partial charge in [0.05, 0.1) is 17.6 Å². The molecule has 0 bridgehead atoms. The van der Waals surface area contributed by atoms with E-state index < -0.39 is 0 Å². The molecule has 4 rings (SSSR count). The average Bonchev–Trinajstić information content (AvgIpc) is 2.96.